The maximum absolute atomic E-state index is 4.98. The summed E-state index contributed by atoms with van der Waals surface area (Å²) in [7, 11) is 1.83. The third kappa shape index (κ3) is 4.19. The summed E-state index contributed by atoms with van der Waals surface area (Å²) in [5.74, 6) is 0.668. The molecule has 3 heteroatoms. The average molecular weight is 174 g/mol. The van der Waals surface area contributed by atoms with Crippen molar-refractivity contribution in [3.63, 3.8) is 0 Å². The lowest BCUT2D eigenvalue weighted by atomic mass is 10.0. The van der Waals surface area contributed by atoms with Gasteiger partial charge in [0.25, 0.3) is 0 Å². The van der Waals surface area contributed by atoms with Gasteiger partial charge in [-0.15, -0.1) is 0 Å². The number of hydrogen-bond acceptors (Lipinski definition) is 1. The summed E-state index contributed by atoms with van der Waals surface area (Å²) in [6, 6.07) is 0.458. The van der Waals surface area contributed by atoms with Crippen molar-refractivity contribution in [2.24, 2.45) is 5.92 Å². The molecule has 0 rings (SSSR count). The van der Waals surface area contributed by atoms with Crippen LogP contribution < -0.4 is 10.6 Å². The topological polar surface area (TPSA) is 24.1 Å². The predicted octanol–water partition coefficient (Wildman–Crippen LogP) is 1.51. The molecule has 2 unspecified atom stereocenters. The van der Waals surface area contributed by atoms with Gasteiger partial charge in [-0.2, -0.15) is 0 Å². The Bertz CT molecular complexity index is 125. The van der Waals surface area contributed by atoms with Gasteiger partial charge in [-0.05, 0) is 25.1 Å². The molecule has 0 aromatic heterocycles. The summed E-state index contributed by atoms with van der Waals surface area (Å²) in [6.45, 7) is 6.55. The summed E-state index contributed by atoms with van der Waals surface area (Å²) in [6.07, 6.45) is 1.18. The first-order valence-electron chi connectivity index (χ1n) is 4.10. The molecule has 2 N–H and O–H groups in total. The van der Waals surface area contributed by atoms with Crippen LogP contribution in [0.5, 0.6) is 0 Å². The zero-order valence-corrected chi connectivity index (χ0v) is 8.59. The fourth-order valence-electron chi connectivity index (χ4n) is 0.775. The normalized spacial score (nSPS) is 15.3. The van der Waals surface area contributed by atoms with Crippen molar-refractivity contribution in [1.29, 1.82) is 0 Å². The van der Waals surface area contributed by atoms with Crippen LogP contribution in [0.15, 0.2) is 0 Å². The van der Waals surface area contributed by atoms with Crippen molar-refractivity contribution in [1.82, 2.24) is 10.6 Å². The summed E-state index contributed by atoms with van der Waals surface area (Å²) in [5, 5.41) is 6.83. The summed E-state index contributed by atoms with van der Waals surface area (Å²) >= 11 is 4.98. The van der Waals surface area contributed by atoms with Gasteiger partial charge < -0.3 is 10.6 Å². The van der Waals surface area contributed by atoms with Crippen molar-refractivity contribution in [3.8, 4) is 0 Å². The van der Waals surface area contributed by atoms with E-state index in [0.29, 0.717) is 12.0 Å². The minimum Gasteiger partial charge on any atom is -0.366 e. The molecule has 0 fully saturated rings. The lowest BCUT2D eigenvalue weighted by Crippen LogP contribution is -2.41. The summed E-state index contributed by atoms with van der Waals surface area (Å²) < 4.78 is 0. The summed E-state index contributed by atoms with van der Waals surface area (Å²) in [5.41, 5.74) is 0. The van der Waals surface area contributed by atoms with Gasteiger partial charge in [-0.3, -0.25) is 0 Å². The van der Waals surface area contributed by atoms with Gasteiger partial charge in [-0.1, -0.05) is 20.3 Å². The van der Waals surface area contributed by atoms with Gasteiger partial charge in [0, 0.05) is 13.1 Å². The first-order valence-corrected chi connectivity index (χ1v) is 4.50. The quantitative estimate of drug-likeness (QED) is 0.634. The molecule has 0 amide bonds. The van der Waals surface area contributed by atoms with E-state index in [1.807, 2.05) is 7.05 Å². The molecule has 66 valence electrons. The Balaban J connectivity index is 3.67. The maximum Gasteiger partial charge on any atom is 0.166 e. The molecule has 0 aliphatic carbocycles. The molecule has 0 aliphatic rings. The van der Waals surface area contributed by atoms with Crippen molar-refractivity contribution in [2.45, 2.75) is 33.2 Å². The lowest BCUT2D eigenvalue weighted by Gasteiger charge is -2.20. The van der Waals surface area contributed by atoms with Crippen LogP contribution in [-0.2, 0) is 0 Å². The second-order valence-electron chi connectivity index (χ2n) is 2.90. The largest absolute Gasteiger partial charge is 0.366 e. The number of nitrogens with one attached hydrogen (secondary N) is 2. The van der Waals surface area contributed by atoms with Crippen LogP contribution in [0, 0.1) is 5.92 Å². The van der Waals surface area contributed by atoms with Gasteiger partial charge >= 0.3 is 0 Å². The van der Waals surface area contributed by atoms with E-state index in [2.05, 4.69) is 31.4 Å². The van der Waals surface area contributed by atoms with Crippen LogP contribution >= 0.6 is 12.2 Å². The van der Waals surface area contributed by atoms with Crippen LogP contribution in [0.1, 0.15) is 27.2 Å². The Morgan fingerprint density at radius 3 is 2.36 bits per heavy atom. The molecular weight excluding hydrogens is 156 g/mol. The monoisotopic (exact) mass is 174 g/mol. The predicted molar refractivity (Wildman–Crippen MR) is 53.7 cm³/mol. The van der Waals surface area contributed by atoms with Crippen molar-refractivity contribution in [2.75, 3.05) is 7.05 Å². The van der Waals surface area contributed by atoms with Gasteiger partial charge in [-0.25, -0.2) is 0 Å². The van der Waals surface area contributed by atoms with Crippen LogP contribution in [-0.4, -0.2) is 18.2 Å². The van der Waals surface area contributed by atoms with E-state index >= 15 is 0 Å². The van der Waals surface area contributed by atoms with E-state index in [1.165, 1.54) is 6.42 Å². The minimum atomic E-state index is 0.458. The highest BCUT2D eigenvalue weighted by molar-refractivity contribution is 7.80. The Hall–Kier alpha value is -0.310. The van der Waals surface area contributed by atoms with Gasteiger partial charge in [0.15, 0.2) is 5.11 Å². The molecule has 0 spiro atoms. The van der Waals surface area contributed by atoms with Crippen LogP contribution in [0.4, 0.5) is 0 Å². The van der Waals surface area contributed by atoms with Gasteiger partial charge in [0.2, 0.25) is 0 Å². The number of hydrogen-bond donors (Lipinski definition) is 2. The van der Waals surface area contributed by atoms with E-state index in [9.17, 15) is 0 Å². The van der Waals surface area contributed by atoms with Gasteiger partial charge in [0.1, 0.15) is 0 Å². The molecule has 2 nitrogen and oxygen atoms in total. The minimum absolute atomic E-state index is 0.458. The van der Waals surface area contributed by atoms with Crippen LogP contribution in [0.25, 0.3) is 0 Å². The molecule has 0 aromatic rings. The van der Waals surface area contributed by atoms with E-state index in [-0.39, 0.29) is 0 Å². The average Bonchev–Trinajstić information content (AvgIpc) is 2.02. The third-order valence-corrected chi connectivity index (χ3v) is 2.41. The van der Waals surface area contributed by atoms with Crippen molar-refractivity contribution < 1.29 is 0 Å². The first-order chi connectivity index (χ1) is 5.11. The molecule has 2 atom stereocenters. The van der Waals surface area contributed by atoms with E-state index in [0.717, 1.165) is 5.11 Å². The Labute approximate surface area is 74.8 Å². The zero-order valence-electron chi connectivity index (χ0n) is 7.77. The highest BCUT2D eigenvalue weighted by Gasteiger charge is 2.09. The molecular formula is C8H18N2S. The molecule has 0 aromatic carbocycles. The Morgan fingerprint density at radius 1 is 1.45 bits per heavy atom. The van der Waals surface area contributed by atoms with Crippen molar-refractivity contribution >= 4 is 17.3 Å². The van der Waals surface area contributed by atoms with Crippen molar-refractivity contribution in [3.05, 3.63) is 0 Å². The van der Waals surface area contributed by atoms with Crippen LogP contribution in [0.3, 0.4) is 0 Å². The molecule has 0 saturated carbocycles. The number of thiocarbonyl (C=S) groups is 1. The molecule has 0 saturated heterocycles. The molecule has 11 heavy (non-hydrogen) atoms. The fourth-order valence-corrected chi connectivity index (χ4v) is 0.961. The Kier molecular flexibility index (Phi) is 5.20. The number of rotatable bonds is 3. The second-order valence-corrected chi connectivity index (χ2v) is 3.31. The Morgan fingerprint density at radius 2 is 2.00 bits per heavy atom. The van der Waals surface area contributed by atoms with E-state index < -0.39 is 0 Å². The molecule has 0 bridgehead atoms. The zero-order chi connectivity index (χ0) is 8.85. The second kappa shape index (κ2) is 5.35. The SMILES string of the molecule is CCC(C)C(C)NC(=S)NC. The highest BCUT2D eigenvalue weighted by atomic mass is 32.1. The third-order valence-electron chi connectivity index (χ3n) is 2.08. The first kappa shape index (κ1) is 10.7. The maximum atomic E-state index is 4.98. The standard InChI is InChI=1S/C8H18N2S/c1-5-6(2)7(3)10-8(11)9-4/h6-7H,5H2,1-4H3,(H2,9,10,11). The fraction of sp³-hybridized carbons (Fsp3) is 0.875. The smallest absolute Gasteiger partial charge is 0.166 e. The molecule has 0 radical (unpaired) electrons. The highest BCUT2D eigenvalue weighted by Crippen LogP contribution is 2.05. The van der Waals surface area contributed by atoms with Gasteiger partial charge in [0.05, 0.1) is 0 Å². The summed E-state index contributed by atoms with van der Waals surface area (Å²) in [4.78, 5) is 0. The van der Waals surface area contributed by atoms with Crippen LogP contribution in [0.2, 0.25) is 0 Å². The van der Waals surface area contributed by atoms with E-state index in [4.69, 9.17) is 12.2 Å². The molecule has 0 aliphatic heterocycles. The van der Waals surface area contributed by atoms with E-state index in [1.54, 1.807) is 0 Å². The lowest BCUT2D eigenvalue weighted by molar-refractivity contribution is 0.436. The molecule has 0 heterocycles.